The first kappa shape index (κ1) is 12.1. The van der Waals surface area contributed by atoms with Crippen molar-refractivity contribution in [1.82, 2.24) is 15.1 Å². The van der Waals surface area contributed by atoms with Crippen LogP contribution in [-0.4, -0.2) is 16.3 Å². The molecule has 1 N–H and O–H groups in total. The SMILES string of the molecule is Cn1cc(CCNCc2ccccc2Cl)cn1. The van der Waals surface area contributed by atoms with Crippen molar-refractivity contribution in [3.8, 4) is 0 Å². The summed E-state index contributed by atoms with van der Waals surface area (Å²) in [5.74, 6) is 0. The van der Waals surface area contributed by atoms with Crippen molar-refractivity contribution in [2.24, 2.45) is 7.05 Å². The molecule has 0 fully saturated rings. The highest BCUT2D eigenvalue weighted by molar-refractivity contribution is 6.31. The molecular formula is C13H16ClN3. The van der Waals surface area contributed by atoms with Gasteiger partial charge in [-0.2, -0.15) is 5.10 Å². The van der Waals surface area contributed by atoms with Crippen LogP contribution in [0.2, 0.25) is 5.02 Å². The largest absolute Gasteiger partial charge is 0.312 e. The second-order valence-corrected chi connectivity index (χ2v) is 4.45. The number of aromatic nitrogens is 2. The first-order valence-electron chi connectivity index (χ1n) is 5.67. The molecule has 0 aliphatic carbocycles. The third-order valence-electron chi connectivity index (χ3n) is 2.62. The van der Waals surface area contributed by atoms with Crippen molar-refractivity contribution in [2.75, 3.05) is 6.54 Å². The minimum atomic E-state index is 0.805. The van der Waals surface area contributed by atoms with Crippen LogP contribution < -0.4 is 5.32 Å². The molecule has 0 radical (unpaired) electrons. The summed E-state index contributed by atoms with van der Waals surface area (Å²) in [4.78, 5) is 0. The van der Waals surface area contributed by atoms with Gasteiger partial charge in [0.15, 0.2) is 0 Å². The molecule has 2 aromatic rings. The summed E-state index contributed by atoms with van der Waals surface area (Å²) in [6, 6.07) is 7.91. The third kappa shape index (κ3) is 3.58. The van der Waals surface area contributed by atoms with E-state index in [9.17, 15) is 0 Å². The molecule has 0 aliphatic heterocycles. The standard InChI is InChI=1S/C13H16ClN3/c1-17-10-11(8-16-17)6-7-15-9-12-4-2-3-5-13(12)14/h2-5,8,10,15H,6-7,9H2,1H3. The van der Waals surface area contributed by atoms with Crippen LogP contribution in [0.25, 0.3) is 0 Å². The summed E-state index contributed by atoms with van der Waals surface area (Å²) in [6.45, 7) is 1.73. The topological polar surface area (TPSA) is 29.9 Å². The molecule has 1 aromatic heterocycles. The van der Waals surface area contributed by atoms with Gasteiger partial charge < -0.3 is 5.32 Å². The molecule has 0 unspecified atom stereocenters. The Labute approximate surface area is 106 Å². The van der Waals surface area contributed by atoms with Crippen LogP contribution >= 0.6 is 11.6 Å². The number of halogens is 1. The summed E-state index contributed by atoms with van der Waals surface area (Å²) in [5, 5.41) is 8.33. The van der Waals surface area contributed by atoms with E-state index in [0.717, 1.165) is 30.1 Å². The minimum Gasteiger partial charge on any atom is -0.312 e. The van der Waals surface area contributed by atoms with Crippen LogP contribution in [0.5, 0.6) is 0 Å². The van der Waals surface area contributed by atoms with E-state index in [1.807, 2.05) is 48.4 Å². The number of hydrogen-bond donors (Lipinski definition) is 1. The molecule has 0 atom stereocenters. The predicted molar refractivity (Wildman–Crippen MR) is 70.1 cm³/mol. The van der Waals surface area contributed by atoms with Gasteiger partial charge >= 0.3 is 0 Å². The van der Waals surface area contributed by atoms with Gasteiger partial charge in [0, 0.05) is 24.8 Å². The highest BCUT2D eigenvalue weighted by Crippen LogP contribution is 2.14. The third-order valence-corrected chi connectivity index (χ3v) is 2.99. The van der Waals surface area contributed by atoms with E-state index in [0.29, 0.717) is 0 Å². The van der Waals surface area contributed by atoms with Crippen molar-refractivity contribution < 1.29 is 0 Å². The summed E-state index contributed by atoms with van der Waals surface area (Å²) in [5.41, 5.74) is 2.39. The van der Waals surface area contributed by atoms with Gasteiger partial charge in [-0.05, 0) is 30.2 Å². The van der Waals surface area contributed by atoms with Gasteiger partial charge in [-0.3, -0.25) is 4.68 Å². The number of hydrogen-bond acceptors (Lipinski definition) is 2. The Hall–Kier alpha value is -1.32. The van der Waals surface area contributed by atoms with Gasteiger partial charge in [-0.1, -0.05) is 29.8 Å². The van der Waals surface area contributed by atoms with Crippen LogP contribution in [0.15, 0.2) is 36.7 Å². The summed E-state index contributed by atoms with van der Waals surface area (Å²) in [7, 11) is 1.93. The molecule has 0 saturated carbocycles. The van der Waals surface area contributed by atoms with E-state index in [1.54, 1.807) is 0 Å². The lowest BCUT2D eigenvalue weighted by Gasteiger charge is -2.05. The average Bonchev–Trinajstić information content (AvgIpc) is 2.73. The van der Waals surface area contributed by atoms with Gasteiger partial charge in [0.05, 0.1) is 6.20 Å². The van der Waals surface area contributed by atoms with Gasteiger partial charge in [0.1, 0.15) is 0 Å². The fraction of sp³-hybridized carbons (Fsp3) is 0.308. The molecule has 0 spiro atoms. The van der Waals surface area contributed by atoms with Gasteiger partial charge in [-0.25, -0.2) is 0 Å². The van der Waals surface area contributed by atoms with E-state index in [4.69, 9.17) is 11.6 Å². The molecule has 4 heteroatoms. The molecule has 0 bridgehead atoms. The maximum Gasteiger partial charge on any atom is 0.0522 e. The zero-order valence-corrected chi connectivity index (χ0v) is 10.6. The lowest BCUT2D eigenvalue weighted by atomic mass is 10.2. The van der Waals surface area contributed by atoms with E-state index in [1.165, 1.54) is 5.56 Å². The minimum absolute atomic E-state index is 0.805. The summed E-state index contributed by atoms with van der Waals surface area (Å²) < 4.78 is 1.82. The fourth-order valence-electron chi connectivity index (χ4n) is 1.70. The molecule has 0 aliphatic rings. The Kier molecular flexibility index (Phi) is 4.18. The Morgan fingerprint density at radius 1 is 1.35 bits per heavy atom. The molecular weight excluding hydrogens is 234 g/mol. The van der Waals surface area contributed by atoms with Crippen molar-refractivity contribution in [2.45, 2.75) is 13.0 Å². The highest BCUT2D eigenvalue weighted by Gasteiger charge is 1.99. The number of nitrogens with zero attached hydrogens (tertiary/aromatic N) is 2. The molecule has 17 heavy (non-hydrogen) atoms. The molecule has 90 valence electrons. The number of nitrogens with one attached hydrogen (secondary N) is 1. The van der Waals surface area contributed by atoms with Crippen molar-refractivity contribution >= 4 is 11.6 Å². The molecule has 0 amide bonds. The molecule has 3 nitrogen and oxygen atoms in total. The Bertz CT molecular complexity index is 479. The van der Waals surface area contributed by atoms with E-state index in [2.05, 4.69) is 10.4 Å². The lowest BCUT2D eigenvalue weighted by Crippen LogP contribution is -2.16. The Balaban J connectivity index is 1.75. The predicted octanol–water partition coefficient (Wildman–Crippen LogP) is 2.41. The fourth-order valence-corrected chi connectivity index (χ4v) is 1.90. The van der Waals surface area contributed by atoms with Gasteiger partial charge in [-0.15, -0.1) is 0 Å². The highest BCUT2D eigenvalue weighted by atomic mass is 35.5. The smallest absolute Gasteiger partial charge is 0.0522 e. The van der Waals surface area contributed by atoms with Gasteiger partial charge in [0.25, 0.3) is 0 Å². The van der Waals surface area contributed by atoms with Crippen LogP contribution in [0.3, 0.4) is 0 Å². The average molecular weight is 250 g/mol. The number of aryl methyl sites for hydroxylation is 1. The molecule has 2 rings (SSSR count). The lowest BCUT2D eigenvalue weighted by molar-refractivity contribution is 0.686. The first-order valence-corrected chi connectivity index (χ1v) is 6.05. The molecule has 0 saturated heterocycles. The number of rotatable bonds is 5. The van der Waals surface area contributed by atoms with Crippen LogP contribution in [0.4, 0.5) is 0 Å². The molecule has 1 aromatic carbocycles. The van der Waals surface area contributed by atoms with Gasteiger partial charge in [0.2, 0.25) is 0 Å². The Morgan fingerprint density at radius 2 is 2.18 bits per heavy atom. The van der Waals surface area contributed by atoms with Crippen LogP contribution in [-0.2, 0) is 20.0 Å². The van der Waals surface area contributed by atoms with Crippen LogP contribution in [0, 0.1) is 0 Å². The maximum atomic E-state index is 6.07. The summed E-state index contributed by atoms with van der Waals surface area (Å²) in [6.07, 6.45) is 4.92. The van der Waals surface area contributed by atoms with Crippen molar-refractivity contribution in [1.29, 1.82) is 0 Å². The van der Waals surface area contributed by atoms with E-state index >= 15 is 0 Å². The monoisotopic (exact) mass is 249 g/mol. The zero-order chi connectivity index (χ0) is 12.1. The Morgan fingerprint density at radius 3 is 2.88 bits per heavy atom. The normalized spacial score (nSPS) is 10.7. The second-order valence-electron chi connectivity index (χ2n) is 4.04. The van der Waals surface area contributed by atoms with E-state index < -0.39 is 0 Å². The summed E-state index contributed by atoms with van der Waals surface area (Å²) >= 11 is 6.07. The zero-order valence-electron chi connectivity index (χ0n) is 9.86. The molecule has 1 heterocycles. The first-order chi connectivity index (χ1) is 8.25. The maximum absolute atomic E-state index is 6.07. The quantitative estimate of drug-likeness (QED) is 0.825. The van der Waals surface area contributed by atoms with Crippen molar-refractivity contribution in [3.63, 3.8) is 0 Å². The second kappa shape index (κ2) is 5.84. The van der Waals surface area contributed by atoms with Crippen molar-refractivity contribution in [3.05, 3.63) is 52.8 Å². The van der Waals surface area contributed by atoms with E-state index in [-0.39, 0.29) is 0 Å². The number of benzene rings is 1. The van der Waals surface area contributed by atoms with Crippen LogP contribution in [0.1, 0.15) is 11.1 Å².